The van der Waals surface area contributed by atoms with Gasteiger partial charge in [0.25, 0.3) is 5.91 Å². The Balaban J connectivity index is 1.93. The number of hydrogen-bond acceptors (Lipinski definition) is 4. The van der Waals surface area contributed by atoms with Crippen molar-refractivity contribution in [2.45, 2.75) is 37.9 Å². The van der Waals surface area contributed by atoms with Crippen molar-refractivity contribution in [2.24, 2.45) is 12.8 Å². The zero-order valence-corrected chi connectivity index (χ0v) is 15.1. The predicted octanol–water partition coefficient (Wildman–Crippen LogP) is 2.46. The maximum absolute atomic E-state index is 13.2. The summed E-state index contributed by atoms with van der Waals surface area (Å²) in [5.41, 5.74) is 4.25. The second kappa shape index (κ2) is 6.55. The highest BCUT2D eigenvalue weighted by Crippen LogP contribution is 2.47. The lowest BCUT2D eigenvalue weighted by molar-refractivity contribution is -0.141. The van der Waals surface area contributed by atoms with E-state index in [9.17, 15) is 22.8 Å². The van der Waals surface area contributed by atoms with Gasteiger partial charge in [-0.3, -0.25) is 19.0 Å². The van der Waals surface area contributed by atoms with Gasteiger partial charge in [-0.05, 0) is 19.8 Å². The molecule has 2 aromatic rings. The normalized spacial score (nSPS) is 15.6. The van der Waals surface area contributed by atoms with Crippen LogP contribution in [0.4, 0.5) is 18.9 Å². The van der Waals surface area contributed by atoms with E-state index in [4.69, 9.17) is 17.3 Å². The molecular weight excluding hydrogens is 389 g/mol. The molecule has 2 amide bonds. The smallest absolute Gasteiger partial charge is 0.364 e. The molecule has 2 heterocycles. The van der Waals surface area contributed by atoms with Crippen LogP contribution in [0.1, 0.15) is 53.6 Å². The third kappa shape index (κ3) is 3.51. The van der Waals surface area contributed by atoms with E-state index >= 15 is 0 Å². The lowest BCUT2D eigenvalue weighted by Crippen LogP contribution is -2.27. The van der Waals surface area contributed by atoms with E-state index in [1.54, 1.807) is 0 Å². The molecular formula is C15H16ClF3N6O2. The summed E-state index contributed by atoms with van der Waals surface area (Å²) in [6.07, 6.45) is -2.16. The monoisotopic (exact) mass is 404 g/mol. The minimum absolute atomic E-state index is 0.0348. The third-order valence-corrected chi connectivity index (χ3v) is 4.67. The SMILES string of the molecule is C[C@@H](C(=O)Nc1cnn(C)c1C(N)=O)n1nc(C(F)(F)F)c(Cl)c1C1CC1. The third-order valence-electron chi connectivity index (χ3n) is 4.30. The first-order chi connectivity index (χ1) is 12.5. The Morgan fingerprint density at radius 1 is 1.41 bits per heavy atom. The van der Waals surface area contributed by atoms with Crippen LogP contribution in [0.25, 0.3) is 0 Å². The van der Waals surface area contributed by atoms with Gasteiger partial charge in [0.1, 0.15) is 11.7 Å². The molecule has 1 aliphatic carbocycles. The molecule has 27 heavy (non-hydrogen) atoms. The van der Waals surface area contributed by atoms with Crippen LogP contribution in [-0.4, -0.2) is 31.4 Å². The van der Waals surface area contributed by atoms with Crippen LogP contribution in [-0.2, 0) is 18.0 Å². The summed E-state index contributed by atoms with van der Waals surface area (Å²) in [5, 5.41) is 9.37. The minimum Gasteiger partial charge on any atom is -0.364 e. The number of primary amides is 1. The maximum atomic E-state index is 13.2. The fraction of sp³-hybridized carbons (Fsp3) is 0.467. The summed E-state index contributed by atoms with van der Waals surface area (Å²) in [4.78, 5) is 24.1. The second-order valence-corrected chi connectivity index (χ2v) is 6.70. The van der Waals surface area contributed by atoms with Crippen LogP contribution in [0.2, 0.25) is 5.02 Å². The number of aromatic nitrogens is 4. The van der Waals surface area contributed by atoms with E-state index < -0.39 is 34.7 Å². The summed E-state index contributed by atoms with van der Waals surface area (Å²) < 4.78 is 41.7. The number of nitrogens with two attached hydrogens (primary N) is 1. The number of carbonyl (C=O) groups is 2. The summed E-state index contributed by atoms with van der Waals surface area (Å²) in [5.74, 6) is -1.66. The Kier molecular flexibility index (Phi) is 4.66. The molecule has 3 rings (SSSR count). The molecule has 1 atom stereocenters. The number of carbonyl (C=O) groups excluding carboxylic acids is 2. The Morgan fingerprint density at radius 2 is 2.04 bits per heavy atom. The molecule has 3 N–H and O–H groups in total. The van der Waals surface area contributed by atoms with Gasteiger partial charge < -0.3 is 11.1 Å². The lowest BCUT2D eigenvalue weighted by atomic mass is 10.2. The molecule has 2 aromatic heterocycles. The molecule has 1 aliphatic rings. The number of nitrogens with one attached hydrogen (secondary N) is 1. The van der Waals surface area contributed by atoms with Gasteiger partial charge in [0.05, 0.1) is 22.6 Å². The van der Waals surface area contributed by atoms with Crippen LogP contribution < -0.4 is 11.1 Å². The molecule has 0 radical (unpaired) electrons. The van der Waals surface area contributed by atoms with E-state index in [1.807, 2.05) is 0 Å². The Hall–Kier alpha value is -2.56. The summed E-state index contributed by atoms with van der Waals surface area (Å²) >= 11 is 5.92. The van der Waals surface area contributed by atoms with Crippen molar-refractivity contribution in [1.82, 2.24) is 19.6 Å². The highest BCUT2D eigenvalue weighted by Gasteiger charge is 2.43. The maximum Gasteiger partial charge on any atom is 0.436 e. The molecule has 1 fully saturated rings. The average Bonchev–Trinajstić information content (AvgIpc) is 3.23. The van der Waals surface area contributed by atoms with Gasteiger partial charge in [-0.15, -0.1) is 0 Å². The lowest BCUT2D eigenvalue weighted by Gasteiger charge is -2.15. The van der Waals surface area contributed by atoms with Crippen molar-refractivity contribution in [1.29, 1.82) is 0 Å². The number of hydrogen-bond donors (Lipinski definition) is 2. The standard InChI is InChI=1S/C15H16ClF3N6O2/c1-6(14(27)22-8-5-21-24(2)11(8)13(20)26)25-10(7-3-4-7)9(16)12(23-25)15(17,18)19/h5-7H,3-4H2,1-2H3,(H2,20,26)(H,22,27)/t6-/m0/s1. The fourth-order valence-electron chi connectivity index (χ4n) is 2.80. The van der Waals surface area contributed by atoms with Gasteiger partial charge in [-0.1, -0.05) is 11.6 Å². The van der Waals surface area contributed by atoms with Gasteiger partial charge in [-0.25, -0.2) is 0 Å². The van der Waals surface area contributed by atoms with Crippen LogP contribution in [0.5, 0.6) is 0 Å². The highest BCUT2D eigenvalue weighted by molar-refractivity contribution is 6.32. The van der Waals surface area contributed by atoms with Crippen LogP contribution in [0, 0.1) is 0 Å². The molecule has 12 heteroatoms. The fourth-order valence-corrected chi connectivity index (χ4v) is 3.18. The van der Waals surface area contributed by atoms with Gasteiger partial charge >= 0.3 is 6.18 Å². The van der Waals surface area contributed by atoms with Gasteiger partial charge in [-0.2, -0.15) is 23.4 Å². The van der Waals surface area contributed by atoms with Crippen LogP contribution in [0.3, 0.4) is 0 Å². The quantitative estimate of drug-likeness (QED) is 0.797. The van der Waals surface area contributed by atoms with Crippen molar-refractivity contribution in [3.63, 3.8) is 0 Å². The van der Waals surface area contributed by atoms with Crippen molar-refractivity contribution in [2.75, 3.05) is 5.32 Å². The molecule has 146 valence electrons. The first kappa shape index (κ1) is 19.2. The molecule has 0 unspecified atom stereocenters. The van der Waals surface area contributed by atoms with Crippen molar-refractivity contribution in [3.05, 3.63) is 28.3 Å². The zero-order valence-electron chi connectivity index (χ0n) is 14.3. The van der Waals surface area contributed by atoms with Crippen LogP contribution in [0.15, 0.2) is 6.20 Å². The van der Waals surface area contributed by atoms with Crippen molar-refractivity contribution >= 4 is 29.1 Å². The number of anilines is 1. The first-order valence-electron chi connectivity index (χ1n) is 8.00. The summed E-state index contributed by atoms with van der Waals surface area (Å²) in [6.45, 7) is 1.39. The summed E-state index contributed by atoms with van der Waals surface area (Å²) in [6, 6.07) is -1.10. The van der Waals surface area contributed by atoms with Gasteiger partial charge in [0, 0.05) is 13.0 Å². The second-order valence-electron chi connectivity index (χ2n) is 6.32. The van der Waals surface area contributed by atoms with E-state index in [0.29, 0.717) is 12.8 Å². The van der Waals surface area contributed by atoms with E-state index in [0.717, 1.165) is 4.68 Å². The van der Waals surface area contributed by atoms with Gasteiger partial charge in [0.15, 0.2) is 5.69 Å². The largest absolute Gasteiger partial charge is 0.436 e. The van der Waals surface area contributed by atoms with Crippen molar-refractivity contribution in [3.8, 4) is 0 Å². The van der Waals surface area contributed by atoms with E-state index in [-0.39, 0.29) is 23.0 Å². The molecule has 0 aromatic carbocycles. The number of nitrogens with zero attached hydrogens (tertiary/aromatic N) is 4. The Morgan fingerprint density at radius 3 is 2.56 bits per heavy atom. The van der Waals surface area contributed by atoms with Crippen molar-refractivity contribution < 1.29 is 22.8 Å². The topological polar surface area (TPSA) is 108 Å². The number of halogens is 4. The average molecular weight is 405 g/mol. The number of amides is 2. The zero-order chi connectivity index (χ0) is 20.1. The van der Waals surface area contributed by atoms with E-state index in [2.05, 4.69) is 15.5 Å². The predicted molar refractivity (Wildman–Crippen MR) is 89.3 cm³/mol. The van der Waals surface area contributed by atoms with Crippen LogP contribution >= 0.6 is 11.6 Å². The number of rotatable bonds is 5. The molecule has 0 saturated heterocycles. The molecule has 1 saturated carbocycles. The first-order valence-corrected chi connectivity index (χ1v) is 8.38. The molecule has 0 aliphatic heterocycles. The number of alkyl halides is 3. The Bertz CT molecular complexity index is 916. The van der Waals surface area contributed by atoms with E-state index in [1.165, 1.54) is 24.9 Å². The summed E-state index contributed by atoms with van der Waals surface area (Å²) in [7, 11) is 1.47. The molecule has 0 spiro atoms. The number of aryl methyl sites for hydroxylation is 1. The molecule has 8 nitrogen and oxygen atoms in total. The highest BCUT2D eigenvalue weighted by atomic mass is 35.5. The van der Waals surface area contributed by atoms with Gasteiger partial charge in [0.2, 0.25) is 5.91 Å². The molecule has 0 bridgehead atoms. The Labute approximate surface area is 156 Å². The minimum atomic E-state index is -4.73.